The maximum absolute atomic E-state index is 13.2. The van der Waals surface area contributed by atoms with Crippen molar-refractivity contribution in [1.29, 1.82) is 0 Å². The summed E-state index contributed by atoms with van der Waals surface area (Å²) in [4.78, 5) is 14.5. The highest BCUT2D eigenvalue weighted by Crippen LogP contribution is 2.21. The van der Waals surface area contributed by atoms with E-state index in [4.69, 9.17) is 12.2 Å². The fraction of sp³-hybridized carbons (Fsp3) is 0.235. The van der Waals surface area contributed by atoms with Crippen LogP contribution >= 0.6 is 12.2 Å². The molecule has 1 aliphatic heterocycles. The van der Waals surface area contributed by atoms with Gasteiger partial charge in [-0.1, -0.05) is 6.07 Å². The van der Waals surface area contributed by atoms with Gasteiger partial charge in [0.25, 0.3) is 5.69 Å². The summed E-state index contributed by atoms with van der Waals surface area (Å²) in [5.74, 6) is -0.309. The molecular weight excluding hydrogens is 343 g/mol. The normalized spacial score (nSPS) is 14.3. The van der Waals surface area contributed by atoms with E-state index in [1.165, 1.54) is 24.3 Å². The number of nitrogens with one attached hydrogen (secondary N) is 1. The predicted molar refractivity (Wildman–Crippen MR) is 99.5 cm³/mol. The van der Waals surface area contributed by atoms with Gasteiger partial charge in [0.1, 0.15) is 5.82 Å². The summed E-state index contributed by atoms with van der Waals surface area (Å²) >= 11 is 5.40. The molecular formula is C17H17FN4O2S. The van der Waals surface area contributed by atoms with E-state index in [0.29, 0.717) is 10.8 Å². The number of non-ortho nitro benzene ring substituents is 1. The van der Waals surface area contributed by atoms with Gasteiger partial charge in [-0.3, -0.25) is 10.1 Å². The summed E-state index contributed by atoms with van der Waals surface area (Å²) in [5.41, 5.74) is 1.67. The second-order valence-corrected chi connectivity index (χ2v) is 6.07. The lowest BCUT2D eigenvalue weighted by Gasteiger charge is -2.37. The molecule has 1 N–H and O–H groups in total. The van der Waals surface area contributed by atoms with Crippen molar-refractivity contribution < 1.29 is 9.31 Å². The number of benzene rings is 2. The Kier molecular flexibility index (Phi) is 5.08. The zero-order valence-electron chi connectivity index (χ0n) is 13.4. The number of nitro benzene ring substituents is 1. The van der Waals surface area contributed by atoms with E-state index >= 15 is 0 Å². The Hall–Kier alpha value is -2.74. The van der Waals surface area contributed by atoms with Crippen molar-refractivity contribution in [2.45, 2.75) is 0 Å². The average molecular weight is 360 g/mol. The van der Waals surface area contributed by atoms with E-state index in [9.17, 15) is 14.5 Å². The van der Waals surface area contributed by atoms with Gasteiger partial charge < -0.3 is 15.1 Å². The molecule has 1 fully saturated rings. The van der Waals surface area contributed by atoms with Gasteiger partial charge in [0.2, 0.25) is 0 Å². The van der Waals surface area contributed by atoms with Gasteiger partial charge in [-0.05, 0) is 42.5 Å². The van der Waals surface area contributed by atoms with Gasteiger partial charge in [-0.2, -0.15) is 0 Å². The second kappa shape index (κ2) is 7.43. The van der Waals surface area contributed by atoms with Gasteiger partial charge >= 0.3 is 0 Å². The van der Waals surface area contributed by atoms with Gasteiger partial charge in [-0.15, -0.1) is 0 Å². The molecule has 2 aromatic rings. The molecule has 0 saturated carbocycles. The van der Waals surface area contributed by atoms with Crippen LogP contribution in [0, 0.1) is 15.9 Å². The Morgan fingerprint density at radius 3 is 2.40 bits per heavy atom. The summed E-state index contributed by atoms with van der Waals surface area (Å²) in [6.07, 6.45) is 0. The molecule has 0 bridgehead atoms. The highest BCUT2D eigenvalue weighted by atomic mass is 32.1. The lowest BCUT2D eigenvalue weighted by molar-refractivity contribution is -0.384. The quantitative estimate of drug-likeness (QED) is 0.515. The Morgan fingerprint density at radius 1 is 1.12 bits per heavy atom. The van der Waals surface area contributed by atoms with Crippen LogP contribution in [0.3, 0.4) is 0 Å². The minimum Gasteiger partial charge on any atom is -0.368 e. The Balaban J connectivity index is 1.56. The number of halogens is 1. The maximum atomic E-state index is 13.2. The predicted octanol–water partition coefficient (Wildman–Crippen LogP) is 3.25. The SMILES string of the molecule is O=[N+]([O-])c1ccc(N2CCN(C(=S)Nc3cccc(F)c3)CC2)cc1. The summed E-state index contributed by atoms with van der Waals surface area (Å²) in [7, 11) is 0. The van der Waals surface area contributed by atoms with Crippen molar-refractivity contribution in [3.05, 3.63) is 64.5 Å². The first-order valence-electron chi connectivity index (χ1n) is 7.84. The highest BCUT2D eigenvalue weighted by molar-refractivity contribution is 7.80. The van der Waals surface area contributed by atoms with Crippen LogP contribution in [0.2, 0.25) is 0 Å². The molecule has 1 saturated heterocycles. The van der Waals surface area contributed by atoms with E-state index in [0.717, 1.165) is 31.9 Å². The smallest absolute Gasteiger partial charge is 0.269 e. The van der Waals surface area contributed by atoms with Crippen LogP contribution in [0.15, 0.2) is 48.5 Å². The van der Waals surface area contributed by atoms with Gasteiger partial charge in [0.15, 0.2) is 5.11 Å². The molecule has 25 heavy (non-hydrogen) atoms. The highest BCUT2D eigenvalue weighted by Gasteiger charge is 2.19. The fourth-order valence-corrected chi connectivity index (χ4v) is 3.02. The summed E-state index contributed by atoms with van der Waals surface area (Å²) in [5, 5.41) is 14.3. The monoisotopic (exact) mass is 360 g/mol. The van der Waals surface area contributed by atoms with Crippen LogP contribution in [0.5, 0.6) is 0 Å². The van der Waals surface area contributed by atoms with E-state index in [2.05, 4.69) is 10.2 Å². The molecule has 8 heteroatoms. The third-order valence-corrected chi connectivity index (χ3v) is 4.43. The molecule has 0 radical (unpaired) electrons. The lowest BCUT2D eigenvalue weighted by Crippen LogP contribution is -2.50. The zero-order valence-corrected chi connectivity index (χ0v) is 14.2. The number of hydrogen-bond acceptors (Lipinski definition) is 4. The van der Waals surface area contributed by atoms with Gasteiger partial charge in [0.05, 0.1) is 4.92 Å². The van der Waals surface area contributed by atoms with E-state index in [-0.39, 0.29) is 11.5 Å². The maximum Gasteiger partial charge on any atom is 0.269 e. The van der Waals surface area contributed by atoms with Crippen molar-refractivity contribution in [3.63, 3.8) is 0 Å². The van der Waals surface area contributed by atoms with Crippen molar-refractivity contribution in [2.75, 3.05) is 36.4 Å². The molecule has 2 aromatic carbocycles. The number of rotatable bonds is 3. The van der Waals surface area contributed by atoms with Crippen molar-refractivity contribution in [3.8, 4) is 0 Å². The molecule has 1 aliphatic rings. The molecule has 0 amide bonds. The van der Waals surface area contributed by atoms with Crippen LogP contribution in [-0.2, 0) is 0 Å². The van der Waals surface area contributed by atoms with Gasteiger partial charge in [0, 0.05) is 49.7 Å². The van der Waals surface area contributed by atoms with Crippen LogP contribution in [0.1, 0.15) is 0 Å². The minimum absolute atomic E-state index is 0.0860. The number of anilines is 2. The fourth-order valence-electron chi connectivity index (χ4n) is 2.72. The van der Waals surface area contributed by atoms with E-state index < -0.39 is 4.92 Å². The average Bonchev–Trinajstić information content (AvgIpc) is 2.62. The number of nitro groups is 1. The minimum atomic E-state index is -0.405. The molecule has 0 aromatic heterocycles. The Morgan fingerprint density at radius 2 is 1.80 bits per heavy atom. The molecule has 130 valence electrons. The number of hydrogen-bond donors (Lipinski definition) is 1. The first kappa shape index (κ1) is 17.1. The van der Waals surface area contributed by atoms with Crippen LogP contribution in [0.25, 0.3) is 0 Å². The van der Waals surface area contributed by atoms with Crippen molar-refractivity contribution in [1.82, 2.24) is 4.90 Å². The van der Waals surface area contributed by atoms with Crippen molar-refractivity contribution in [2.24, 2.45) is 0 Å². The summed E-state index contributed by atoms with van der Waals surface area (Å²) in [6, 6.07) is 12.7. The standard InChI is InChI=1S/C17H17FN4O2S/c18-13-2-1-3-14(12-13)19-17(25)21-10-8-20(9-11-21)15-4-6-16(7-5-15)22(23)24/h1-7,12H,8-11H2,(H,19,25). The lowest BCUT2D eigenvalue weighted by atomic mass is 10.2. The van der Waals surface area contributed by atoms with Crippen LogP contribution < -0.4 is 10.2 Å². The third-order valence-electron chi connectivity index (χ3n) is 4.07. The largest absolute Gasteiger partial charge is 0.368 e. The van der Waals surface area contributed by atoms with Crippen LogP contribution in [-0.4, -0.2) is 41.1 Å². The summed E-state index contributed by atoms with van der Waals surface area (Å²) in [6.45, 7) is 2.95. The Labute approximate surface area is 150 Å². The third kappa shape index (κ3) is 4.21. The van der Waals surface area contributed by atoms with Gasteiger partial charge in [-0.25, -0.2) is 4.39 Å². The zero-order chi connectivity index (χ0) is 17.8. The molecule has 3 rings (SSSR count). The first-order valence-corrected chi connectivity index (χ1v) is 8.24. The first-order chi connectivity index (χ1) is 12.0. The van der Waals surface area contributed by atoms with E-state index in [1.54, 1.807) is 24.3 Å². The van der Waals surface area contributed by atoms with E-state index in [1.807, 2.05) is 4.90 Å². The van der Waals surface area contributed by atoms with Crippen LogP contribution in [0.4, 0.5) is 21.5 Å². The number of thiocarbonyl (C=S) groups is 1. The topological polar surface area (TPSA) is 61.7 Å². The molecule has 0 spiro atoms. The molecule has 0 atom stereocenters. The number of piperazine rings is 1. The molecule has 0 unspecified atom stereocenters. The molecule has 6 nitrogen and oxygen atoms in total. The Bertz CT molecular complexity index is 776. The molecule has 0 aliphatic carbocycles. The summed E-state index contributed by atoms with van der Waals surface area (Å²) < 4.78 is 13.2. The molecule has 1 heterocycles. The number of nitrogens with zero attached hydrogens (tertiary/aromatic N) is 3. The second-order valence-electron chi connectivity index (χ2n) is 5.69. The van der Waals surface area contributed by atoms with Crippen molar-refractivity contribution >= 4 is 34.4 Å².